The number of carbonyl (C=O) groups is 3. The number of hydrogen-bond donors (Lipinski definition) is 2. The van der Waals surface area contributed by atoms with Gasteiger partial charge in [0, 0.05) is 13.1 Å². The second-order valence-electron chi connectivity index (χ2n) is 3.85. The molecule has 0 aliphatic carbocycles. The average molecular weight is 327 g/mol. The van der Waals surface area contributed by atoms with E-state index in [4.69, 9.17) is 0 Å². The Morgan fingerprint density at radius 3 is 2.59 bits per heavy atom. The van der Waals surface area contributed by atoms with E-state index in [1.807, 2.05) is 5.32 Å². The highest BCUT2D eigenvalue weighted by Gasteiger charge is 2.18. The van der Waals surface area contributed by atoms with Crippen LogP contribution < -0.4 is 10.6 Å². The number of nitrogens with zero attached hydrogens (tertiary/aromatic N) is 1. The van der Waals surface area contributed by atoms with Crippen LogP contribution in [0.1, 0.15) is 10.4 Å². The van der Waals surface area contributed by atoms with E-state index in [0.29, 0.717) is 4.90 Å². The Bertz CT molecular complexity index is 619. The molecule has 0 saturated heterocycles. The molecule has 22 heavy (non-hydrogen) atoms. The van der Waals surface area contributed by atoms with Crippen molar-refractivity contribution in [2.24, 2.45) is 0 Å². The van der Waals surface area contributed by atoms with Crippen LogP contribution in [0.25, 0.3) is 0 Å². The van der Waals surface area contributed by atoms with Crippen molar-refractivity contribution in [3.05, 3.63) is 33.9 Å². The number of rotatable bonds is 5. The summed E-state index contributed by atoms with van der Waals surface area (Å²) in [5.74, 6) is -1.72. The van der Waals surface area contributed by atoms with E-state index in [1.165, 1.54) is 30.9 Å². The maximum absolute atomic E-state index is 11.7. The van der Waals surface area contributed by atoms with Gasteiger partial charge in [0.05, 0.1) is 15.4 Å². The molecule has 118 valence electrons. The van der Waals surface area contributed by atoms with Crippen LogP contribution in [0.3, 0.4) is 0 Å². The summed E-state index contributed by atoms with van der Waals surface area (Å²) in [7, 11) is 1.32. The molecule has 0 aliphatic heterocycles. The Labute approximate surface area is 129 Å². The summed E-state index contributed by atoms with van der Waals surface area (Å²) >= 11 is 1.17. The molecule has 3 amide bonds. The van der Waals surface area contributed by atoms with E-state index in [0.717, 1.165) is 6.07 Å². The number of imide groups is 1. The first kappa shape index (κ1) is 17.4. The van der Waals surface area contributed by atoms with Crippen LogP contribution in [-0.4, -0.2) is 42.7 Å². The van der Waals surface area contributed by atoms with Crippen molar-refractivity contribution in [1.82, 2.24) is 10.6 Å². The van der Waals surface area contributed by atoms with Crippen molar-refractivity contribution in [3.63, 3.8) is 0 Å². The van der Waals surface area contributed by atoms with Crippen LogP contribution in [0.15, 0.2) is 23.1 Å². The molecular formula is C12H13N3O6S. The maximum Gasteiger partial charge on any atom is 0.338 e. The lowest BCUT2D eigenvalue weighted by atomic mass is 10.2. The fourth-order valence-electron chi connectivity index (χ4n) is 1.40. The molecule has 0 aromatic heterocycles. The number of hydrogen-bond acceptors (Lipinski definition) is 7. The first-order valence-corrected chi connectivity index (χ1v) is 7.12. The first-order chi connectivity index (χ1) is 10.4. The van der Waals surface area contributed by atoms with E-state index in [2.05, 4.69) is 10.1 Å². The van der Waals surface area contributed by atoms with Crippen LogP contribution in [0.4, 0.5) is 10.5 Å². The average Bonchev–Trinajstić information content (AvgIpc) is 2.51. The lowest BCUT2D eigenvalue weighted by Crippen LogP contribution is -2.39. The van der Waals surface area contributed by atoms with Gasteiger partial charge in [-0.05, 0) is 18.4 Å². The highest BCUT2D eigenvalue weighted by molar-refractivity contribution is 7.98. The molecule has 0 radical (unpaired) electrons. The minimum absolute atomic E-state index is 0.0581. The standard InChI is InChI=1S/C12H13N3O6S/c1-13-12(18)14-10(16)6-21-11(17)7-3-4-9(22-2)8(5-7)15(19)20/h3-5H,6H2,1-2H3,(H2,13,14,16,18). The van der Waals surface area contributed by atoms with Gasteiger partial charge in [0.2, 0.25) is 0 Å². The summed E-state index contributed by atoms with van der Waals surface area (Å²) < 4.78 is 4.68. The second-order valence-corrected chi connectivity index (χ2v) is 4.70. The van der Waals surface area contributed by atoms with Gasteiger partial charge in [-0.2, -0.15) is 0 Å². The maximum atomic E-state index is 11.7. The molecule has 0 aliphatic rings. The number of ether oxygens (including phenoxy) is 1. The zero-order valence-electron chi connectivity index (χ0n) is 11.7. The van der Waals surface area contributed by atoms with Crippen LogP contribution in [0, 0.1) is 10.1 Å². The van der Waals surface area contributed by atoms with Crippen LogP contribution in [-0.2, 0) is 9.53 Å². The third kappa shape index (κ3) is 4.74. The molecule has 0 spiro atoms. The monoisotopic (exact) mass is 327 g/mol. The largest absolute Gasteiger partial charge is 0.452 e. The predicted molar refractivity (Wildman–Crippen MR) is 77.8 cm³/mol. The number of urea groups is 1. The summed E-state index contributed by atoms with van der Waals surface area (Å²) in [5.41, 5.74) is -0.283. The number of nitro groups is 1. The Kier molecular flexibility index (Phi) is 6.32. The highest BCUT2D eigenvalue weighted by atomic mass is 32.2. The molecule has 9 nitrogen and oxygen atoms in total. The van der Waals surface area contributed by atoms with E-state index in [1.54, 1.807) is 6.26 Å². The molecule has 0 fully saturated rings. The van der Waals surface area contributed by atoms with Gasteiger partial charge in [-0.3, -0.25) is 20.2 Å². The minimum Gasteiger partial charge on any atom is -0.452 e. The molecule has 0 atom stereocenters. The number of carbonyl (C=O) groups excluding carboxylic acids is 3. The van der Waals surface area contributed by atoms with E-state index in [9.17, 15) is 24.5 Å². The number of amides is 3. The van der Waals surface area contributed by atoms with E-state index >= 15 is 0 Å². The quantitative estimate of drug-likeness (QED) is 0.356. The summed E-state index contributed by atoms with van der Waals surface area (Å²) in [6, 6.07) is 3.12. The highest BCUT2D eigenvalue weighted by Crippen LogP contribution is 2.28. The third-order valence-corrected chi connectivity index (χ3v) is 3.21. The molecule has 0 heterocycles. The van der Waals surface area contributed by atoms with Crippen molar-refractivity contribution in [2.75, 3.05) is 19.9 Å². The zero-order valence-corrected chi connectivity index (χ0v) is 12.6. The molecule has 0 bridgehead atoms. The van der Waals surface area contributed by atoms with Gasteiger partial charge < -0.3 is 10.1 Å². The van der Waals surface area contributed by atoms with Crippen molar-refractivity contribution < 1.29 is 24.0 Å². The molecule has 1 aromatic rings. The smallest absolute Gasteiger partial charge is 0.338 e. The Morgan fingerprint density at radius 2 is 2.05 bits per heavy atom. The Morgan fingerprint density at radius 1 is 1.36 bits per heavy atom. The van der Waals surface area contributed by atoms with Crippen molar-refractivity contribution in [1.29, 1.82) is 0 Å². The van der Waals surface area contributed by atoms with Gasteiger partial charge in [0.15, 0.2) is 6.61 Å². The molecule has 10 heteroatoms. The number of nitrogens with one attached hydrogen (secondary N) is 2. The third-order valence-electron chi connectivity index (χ3n) is 2.43. The van der Waals surface area contributed by atoms with Gasteiger partial charge in [-0.25, -0.2) is 9.59 Å². The summed E-state index contributed by atoms with van der Waals surface area (Å²) in [6.45, 7) is -0.676. The fourth-order valence-corrected chi connectivity index (χ4v) is 1.95. The minimum atomic E-state index is -0.900. The SMILES string of the molecule is CNC(=O)NC(=O)COC(=O)c1ccc(SC)c([N+](=O)[O-])c1. The van der Waals surface area contributed by atoms with E-state index < -0.39 is 29.4 Å². The lowest BCUT2D eigenvalue weighted by molar-refractivity contribution is -0.387. The number of nitro benzene ring substituents is 1. The second kappa shape index (κ2) is 7.98. The van der Waals surface area contributed by atoms with E-state index in [-0.39, 0.29) is 11.3 Å². The fraction of sp³-hybridized carbons (Fsp3) is 0.250. The summed E-state index contributed by atoms with van der Waals surface area (Å²) in [6.07, 6.45) is 1.67. The van der Waals surface area contributed by atoms with Gasteiger partial charge in [-0.15, -0.1) is 11.8 Å². The summed E-state index contributed by atoms with van der Waals surface area (Å²) in [4.78, 5) is 44.6. The van der Waals surface area contributed by atoms with Gasteiger partial charge in [0.25, 0.3) is 11.6 Å². The normalized spacial score (nSPS) is 9.73. The number of benzene rings is 1. The first-order valence-electron chi connectivity index (χ1n) is 5.90. The molecule has 1 aromatic carbocycles. The Hall–Kier alpha value is -2.62. The van der Waals surface area contributed by atoms with Crippen LogP contribution in [0.5, 0.6) is 0 Å². The molecular weight excluding hydrogens is 314 g/mol. The molecule has 0 saturated carbocycles. The molecule has 2 N–H and O–H groups in total. The number of esters is 1. The van der Waals surface area contributed by atoms with Crippen LogP contribution in [0.2, 0.25) is 0 Å². The van der Waals surface area contributed by atoms with Crippen molar-refractivity contribution in [2.45, 2.75) is 4.90 Å². The van der Waals surface area contributed by atoms with Crippen molar-refractivity contribution >= 4 is 35.4 Å². The zero-order chi connectivity index (χ0) is 16.7. The van der Waals surface area contributed by atoms with Crippen molar-refractivity contribution in [3.8, 4) is 0 Å². The summed E-state index contributed by atoms with van der Waals surface area (Å²) in [5, 5.41) is 15.0. The van der Waals surface area contributed by atoms with Gasteiger partial charge in [0.1, 0.15) is 0 Å². The molecule has 0 unspecified atom stereocenters. The topological polar surface area (TPSA) is 128 Å². The van der Waals surface area contributed by atoms with Gasteiger partial charge in [-0.1, -0.05) is 0 Å². The lowest BCUT2D eigenvalue weighted by Gasteiger charge is -2.06. The van der Waals surface area contributed by atoms with Crippen LogP contribution >= 0.6 is 11.8 Å². The molecule has 1 rings (SSSR count). The Balaban J connectivity index is 2.74. The predicted octanol–water partition coefficient (Wildman–Crippen LogP) is 0.929. The van der Waals surface area contributed by atoms with Gasteiger partial charge >= 0.3 is 12.0 Å². The number of thioether (sulfide) groups is 1.